The number of benzene rings is 3. The Bertz CT molecular complexity index is 1420. The van der Waals surface area contributed by atoms with E-state index in [9.17, 15) is 18.0 Å². The van der Waals surface area contributed by atoms with E-state index in [-0.39, 0.29) is 5.82 Å². The predicted octanol–water partition coefficient (Wildman–Crippen LogP) is 5.44. The third-order valence-electron chi connectivity index (χ3n) is 4.83. The zero-order chi connectivity index (χ0) is 21.5. The molecule has 0 aliphatic rings. The van der Waals surface area contributed by atoms with Crippen molar-refractivity contribution in [2.75, 3.05) is 5.32 Å². The fourth-order valence-electron chi connectivity index (χ4n) is 3.31. The van der Waals surface area contributed by atoms with Crippen LogP contribution in [-0.4, -0.2) is 25.8 Å². The van der Waals surface area contributed by atoms with Gasteiger partial charge in [-0.05, 0) is 60.7 Å². The number of hydrogen-bond donors (Lipinski definition) is 3. The smallest absolute Gasteiger partial charge is 0.295 e. The number of carbonyl (C=O) groups excluding carboxylic acids is 1. The number of aromatic nitrogens is 4. The highest BCUT2D eigenvalue weighted by molar-refractivity contribution is 6.06. The second kappa shape index (κ2) is 7.28. The van der Waals surface area contributed by atoms with Crippen LogP contribution in [0.2, 0.25) is 0 Å². The van der Waals surface area contributed by atoms with E-state index in [4.69, 9.17) is 0 Å². The molecule has 3 aromatic carbocycles. The molecule has 0 saturated carbocycles. The number of anilines is 1. The molecule has 154 valence electrons. The topological polar surface area (TPSA) is 86.5 Å². The zero-order valence-electron chi connectivity index (χ0n) is 15.8. The third-order valence-corrected chi connectivity index (χ3v) is 4.83. The summed E-state index contributed by atoms with van der Waals surface area (Å²) in [6.45, 7) is 0. The first-order valence-electron chi connectivity index (χ1n) is 9.31. The van der Waals surface area contributed by atoms with Crippen LogP contribution < -0.4 is 5.32 Å². The van der Waals surface area contributed by atoms with E-state index in [0.29, 0.717) is 39.1 Å². The van der Waals surface area contributed by atoms with Gasteiger partial charge in [-0.3, -0.25) is 4.79 Å². The summed E-state index contributed by atoms with van der Waals surface area (Å²) in [5.74, 6) is -0.580. The summed E-state index contributed by atoms with van der Waals surface area (Å²) in [6.07, 6.45) is -2.72. The summed E-state index contributed by atoms with van der Waals surface area (Å²) >= 11 is 0. The molecule has 0 unspecified atom stereocenters. The first-order chi connectivity index (χ1) is 15.0. The van der Waals surface area contributed by atoms with E-state index in [1.54, 1.807) is 30.3 Å². The largest absolute Gasteiger partial charge is 0.338 e. The molecule has 0 atom stereocenters. The number of alkyl halides is 2. The Labute approximate surface area is 173 Å². The van der Waals surface area contributed by atoms with Crippen molar-refractivity contribution < 1.29 is 18.0 Å². The molecular weight excluding hydrogens is 407 g/mol. The number of halogens is 3. The van der Waals surface area contributed by atoms with Crippen molar-refractivity contribution in [2.24, 2.45) is 0 Å². The second-order valence-corrected chi connectivity index (χ2v) is 6.93. The molecular formula is C22H14F3N5O. The first-order valence-corrected chi connectivity index (χ1v) is 9.31. The molecule has 0 aliphatic carbocycles. The van der Waals surface area contributed by atoms with Crippen LogP contribution in [0.4, 0.5) is 18.9 Å². The SMILES string of the molecule is O=C(Nc1ccc2nc(-c3ccc(F)cc3)[nH]c2c1)c1ccc2nc(C(F)F)[nH]c2c1. The van der Waals surface area contributed by atoms with Crippen molar-refractivity contribution in [3.05, 3.63) is 77.9 Å². The number of H-pyrrole nitrogens is 2. The number of carbonyl (C=O) groups is 1. The highest BCUT2D eigenvalue weighted by Crippen LogP contribution is 2.24. The average molecular weight is 421 g/mol. The lowest BCUT2D eigenvalue weighted by atomic mass is 10.2. The molecule has 31 heavy (non-hydrogen) atoms. The molecule has 1 amide bonds. The van der Waals surface area contributed by atoms with Gasteiger partial charge >= 0.3 is 0 Å². The van der Waals surface area contributed by atoms with Crippen LogP contribution in [-0.2, 0) is 0 Å². The highest BCUT2D eigenvalue weighted by atomic mass is 19.3. The van der Waals surface area contributed by atoms with Gasteiger partial charge in [0.15, 0.2) is 5.82 Å². The number of amides is 1. The summed E-state index contributed by atoms with van der Waals surface area (Å²) in [5.41, 5.74) is 3.67. The Balaban J connectivity index is 1.40. The van der Waals surface area contributed by atoms with Gasteiger partial charge in [0, 0.05) is 16.8 Å². The number of aromatic amines is 2. The fourth-order valence-corrected chi connectivity index (χ4v) is 3.31. The number of hydrogen-bond acceptors (Lipinski definition) is 3. The molecule has 0 fully saturated rings. The number of fused-ring (bicyclic) bond motifs is 2. The van der Waals surface area contributed by atoms with Gasteiger partial charge in [0.2, 0.25) is 0 Å². The standard InChI is InChI=1S/C22H14F3N5O/c23-13-4-1-11(2-5-13)20-27-16-8-6-14(10-18(16)29-20)26-22(31)12-3-7-15-17(9-12)30-21(28-15)19(24)25/h1-10,19H,(H,26,31)(H,27,29)(H,28,30). The maximum atomic E-state index is 13.1. The zero-order valence-corrected chi connectivity index (χ0v) is 15.8. The minimum Gasteiger partial charge on any atom is -0.338 e. The van der Waals surface area contributed by atoms with Crippen LogP contribution in [0.25, 0.3) is 33.5 Å². The van der Waals surface area contributed by atoms with Gasteiger partial charge in [0.1, 0.15) is 11.6 Å². The summed E-state index contributed by atoms with van der Waals surface area (Å²) in [4.78, 5) is 26.6. The summed E-state index contributed by atoms with van der Waals surface area (Å²) < 4.78 is 38.8. The first kappa shape index (κ1) is 18.9. The van der Waals surface area contributed by atoms with Gasteiger partial charge in [-0.1, -0.05) is 0 Å². The monoisotopic (exact) mass is 421 g/mol. The van der Waals surface area contributed by atoms with Gasteiger partial charge in [0.05, 0.1) is 22.1 Å². The number of nitrogens with one attached hydrogen (secondary N) is 3. The third kappa shape index (κ3) is 3.61. The molecule has 2 heterocycles. The van der Waals surface area contributed by atoms with E-state index in [1.165, 1.54) is 30.3 Å². The fraction of sp³-hybridized carbons (Fsp3) is 0.0455. The number of nitrogens with zero attached hydrogens (tertiary/aromatic N) is 2. The van der Waals surface area contributed by atoms with E-state index in [0.717, 1.165) is 5.56 Å². The highest BCUT2D eigenvalue weighted by Gasteiger charge is 2.15. The molecule has 2 aromatic heterocycles. The number of imidazole rings is 2. The number of rotatable bonds is 4. The molecule has 0 saturated heterocycles. The van der Waals surface area contributed by atoms with Gasteiger partial charge in [-0.2, -0.15) is 0 Å². The molecule has 0 bridgehead atoms. The minimum atomic E-state index is -2.72. The van der Waals surface area contributed by atoms with Gasteiger partial charge in [-0.15, -0.1) is 0 Å². The Hall–Kier alpha value is -4.14. The van der Waals surface area contributed by atoms with Crippen molar-refractivity contribution in [1.29, 1.82) is 0 Å². The normalized spacial score (nSPS) is 11.5. The lowest BCUT2D eigenvalue weighted by Gasteiger charge is -2.05. The van der Waals surface area contributed by atoms with Crippen LogP contribution >= 0.6 is 0 Å². The Kier molecular flexibility index (Phi) is 4.43. The molecule has 5 aromatic rings. The van der Waals surface area contributed by atoms with Gasteiger partial charge in [-0.25, -0.2) is 23.1 Å². The maximum absolute atomic E-state index is 13.1. The maximum Gasteiger partial charge on any atom is 0.295 e. The summed E-state index contributed by atoms with van der Waals surface area (Å²) in [7, 11) is 0. The van der Waals surface area contributed by atoms with Crippen LogP contribution in [0.1, 0.15) is 22.6 Å². The van der Waals surface area contributed by atoms with Crippen molar-refractivity contribution in [1.82, 2.24) is 19.9 Å². The lowest BCUT2D eigenvalue weighted by Crippen LogP contribution is -2.11. The van der Waals surface area contributed by atoms with E-state index < -0.39 is 18.2 Å². The van der Waals surface area contributed by atoms with Crippen molar-refractivity contribution >= 4 is 33.7 Å². The molecule has 6 nitrogen and oxygen atoms in total. The van der Waals surface area contributed by atoms with Crippen LogP contribution in [0.5, 0.6) is 0 Å². The van der Waals surface area contributed by atoms with Crippen molar-refractivity contribution in [3.8, 4) is 11.4 Å². The quantitative estimate of drug-likeness (QED) is 0.361. The minimum absolute atomic E-state index is 0.300. The van der Waals surface area contributed by atoms with Gasteiger partial charge in [0.25, 0.3) is 12.3 Å². The molecule has 0 radical (unpaired) electrons. The second-order valence-electron chi connectivity index (χ2n) is 6.93. The summed E-state index contributed by atoms with van der Waals surface area (Å²) in [5, 5.41) is 2.78. The molecule has 9 heteroatoms. The van der Waals surface area contributed by atoms with Crippen LogP contribution in [0.3, 0.4) is 0 Å². The van der Waals surface area contributed by atoms with E-state index >= 15 is 0 Å². The molecule has 0 spiro atoms. The predicted molar refractivity (Wildman–Crippen MR) is 110 cm³/mol. The van der Waals surface area contributed by atoms with E-state index in [2.05, 4.69) is 25.3 Å². The Morgan fingerprint density at radius 3 is 2.35 bits per heavy atom. The average Bonchev–Trinajstić information content (AvgIpc) is 3.37. The summed E-state index contributed by atoms with van der Waals surface area (Å²) in [6, 6.07) is 15.7. The van der Waals surface area contributed by atoms with Crippen molar-refractivity contribution in [2.45, 2.75) is 6.43 Å². The van der Waals surface area contributed by atoms with Gasteiger partial charge < -0.3 is 15.3 Å². The lowest BCUT2D eigenvalue weighted by molar-refractivity contribution is 0.102. The molecule has 5 rings (SSSR count). The molecule has 3 N–H and O–H groups in total. The van der Waals surface area contributed by atoms with Crippen LogP contribution in [0.15, 0.2) is 60.7 Å². The Morgan fingerprint density at radius 2 is 1.58 bits per heavy atom. The Morgan fingerprint density at radius 1 is 0.871 bits per heavy atom. The molecule has 0 aliphatic heterocycles. The van der Waals surface area contributed by atoms with Crippen LogP contribution in [0, 0.1) is 5.82 Å². The van der Waals surface area contributed by atoms with E-state index in [1.807, 2.05) is 0 Å². The van der Waals surface area contributed by atoms with Crippen molar-refractivity contribution in [3.63, 3.8) is 0 Å².